The number of halogens is 3. The molecule has 0 amide bonds. The summed E-state index contributed by atoms with van der Waals surface area (Å²) in [5.74, 6) is -0.117. The van der Waals surface area contributed by atoms with E-state index in [1.807, 2.05) is 0 Å². The van der Waals surface area contributed by atoms with E-state index in [1.165, 1.54) is 29.7 Å². The maximum Gasteiger partial charge on any atom is 0.433 e. The first-order chi connectivity index (χ1) is 9.86. The third kappa shape index (κ3) is 4.09. The van der Waals surface area contributed by atoms with E-state index in [0.29, 0.717) is 5.03 Å². The predicted octanol–water partition coefficient (Wildman–Crippen LogP) is 4.36. The molecule has 0 aliphatic heterocycles. The third-order valence-electron chi connectivity index (χ3n) is 2.28. The first-order valence-corrected chi connectivity index (χ1v) is 6.35. The van der Waals surface area contributed by atoms with Crippen LogP contribution in [0.25, 0.3) is 6.08 Å². The molecular formula is C12H7F3N2O3S. The molecule has 2 aromatic rings. The van der Waals surface area contributed by atoms with Crippen LogP contribution in [0, 0.1) is 10.1 Å². The number of hydrogen-bond acceptors (Lipinski definition) is 5. The van der Waals surface area contributed by atoms with Crippen molar-refractivity contribution < 1.29 is 22.5 Å². The number of aromatic nitrogens is 1. The number of pyridine rings is 1. The van der Waals surface area contributed by atoms with Crippen LogP contribution in [-0.4, -0.2) is 9.91 Å². The molecule has 0 N–H and O–H groups in total. The van der Waals surface area contributed by atoms with Gasteiger partial charge in [-0.2, -0.15) is 13.2 Å². The Kier molecular flexibility index (Phi) is 4.32. The third-order valence-corrected chi connectivity index (χ3v) is 3.03. The van der Waals surface area contributed by atoms with Crippen LogP contribution in [0.4, 0.5) is 19.1 Å². The summed E-state index contributed by atoms with van der Waals surface area (Å²) in [5, 5.41) is 12.3. The van der Waals surface area contributed by atoms with Crippen LogP contribution in [0.3, 0.4) is 0 Å². The van der Waals surface area contributed by atoms with Crippen LogP contribution in [0.2, 0.25) is 0 Å². The number of thioether (sulfide) groups is 1. The van der Waals surface area contributed by atoms with Gasteiger partial charge in [0, 0.05) is 6.20 Å². The van der Waals surface area contributed by atoms with E-state index in [0.717, 1.165) is 24.0 Å². The molecule has 2 heterocycles. The van der Waals surface area contributed by atoms with Crippen LogP contribution in [-0.2, 0) is 6.18 Å². The van der Waals surface area contributed by atoms with Gasteiger partial charge in [0.15, 0.2) is 0 Å². The van der Waals surface area contributed by atoms with Gasteiger partial charge in [-0.15, -0.1) is 0 Å². The number of hydrogen-bond donors (Lipinski definition) is 0. The summed E-state index contributed by atoms with van der Waals surface area (Å²) in [6.07, 6.45) is -2.22. The summed E-state index contributed by atoms with van der Waals surface area (Å²) in [4.78, 5) is 13.4. The maximum absolute atomic E-state index is 12.3. The zero-order chi connectivity index (χ0) is 15.5. The molecule has 0 radical (unpaired) electrons. The van der Waals surface area contributed by atoms with Gasteiger partial charge in [0.2, 0.25) is 0 Å². The largest absolute Gasteiger partial charge is 0.433 e. The summed E-state index contributed by atoms with van der Waals surface area (Å²) in [7, 11) is 0. The van der Waals surface area contributed by atoms with Crippen molar-refractivity contribution in [3.63, 3.8) is 0 Å². The van der Waals surface area contributed by atoms with Crippen molar-refractivity contribution in [1.82, 2.24) is 4.98 Å². The molecule has 0 spiro atoms. The van der Waals surface area contributed by atoms with Crippen molar-refractivity contribution in [2.75, 3.05) is 0 Å². The molecule has 0 saturated heterocycles. The fraction of sp³-hybridized carbons (Fsp3) is 0.0833. The quantitative estimate of drug-likeness (QED) is 0.476. The minimum atomic E-state index is -4.42. The summed E-state index contributed by atoms with van der Waals surface area (Å²) >= 11 is 1.06. The van der Waals surface area contributed by atoms with Gasteiger partial charge in [-0.05, 0) is 29.7 Å². The van der Waals surface area contributed by atoms with Gasteiger partial charge >= 0.3 is 12.1 Å². The topological polar surface area (TPSA) is 69.2 Å². The van der Waals surface area contributed by atoms with Crippen molar-refractivity contribution >= 4 is 23.7 Å². The highest BCUT2D eigenvalue weighted by atomic mass is 32.2. The SMILES string of the molecule is O=[N+]([O-])c1ccc(/C=C/Sc2ccc(C(F)(F)F)cn2)o1. The smallest absolute Gasteiger partial charge is 0.401 e. The first kappa shape index (κ1) is 15.1. The van der Waals surface area contributed by atoms with E-state index in [1.54, 1.807) is 0 Å². The van der Waals surface area contributed by atoms with Crippen LogP contribution >= 0.6 is 11.8 Å². The predicted molar refractivity (Wildman–Crippen MR) is 69.5 cm³/mol. The Balaban J connectivity index is 1.99. The lowest BCUT2D eigenvalue weighted by atomic mass is 10.3. The van der Waals surface area contributed by atoms with Crippen molar-refractivity contribution in [2.45, 2.75) is 11.2 Å². The first-order valence-electron chi connectivity index (χ1n) is 5.47. The van der Waals surface area contributed by atoms with Gasteiger partial charge in [-0.25, -0.2) is 4.98 Å². The van der Waals surface area contributed by atoms with Crippen LogP contribution < -0.4 is 0 Å². The van der Waals surface area contributed by atoms with Gasteiger partial charge in [-0.3, -0.25) is 10.1 Å². The second kappa shape index (κ2) is 6.00. The number of nitrogens with zero attached hydrogens (tertiary/aromatic N) is 2. The Hall–Kier alpha value is -2.29. The van der Waals surface area contributed by atoms with E-state index in [9.17, 15) is 23.3 Å². The second-order valence-electron chi connectivity index (χ2n) is 3.74. The molecule has 2 aromatic heterocycles. The van der Waals surface area contributed by atoms with Crippen LogP contribution in [0.15, 0.2) is 45.3 Å². The number of nitro groups is 1. The molecule has 21 heavy (non-hydrogen) atoms. The van der Waals surface area contributed by atoms with E-state index in [4.69, 9.17) is 4.42 Å². The average molecular weight is 316 g/mol. The molecule has 9 heteroatoms. The van der Waals surface area contributed by atoms with Crippen molar-refractivity contribution in [2.24, 2.45) is 0 Å². The molecule has 0 unspecified atom stereocenters. The van der Waals surface area contributed by atoms with Gasteiger partial charge in [0.1, 0.15) is 15.7 Å². The average Bonchev–Trinajstić information content (AvgIpc) is 2.87. The molecule has 5 nitrogen and oxygen atoms in total. The normalized spacial score (nSPS) is 12.0. The monoisotopic (exact) mass is 316 g/mol. The zero-order valence-corrected chi connectivity index (χ0v) is 11.0. The fourth-order valence-corrected chi connectivity index (χ4v) is 1.92. The minimum Gasteiger partial charge on any atom is -0.401 e. The fourth-order valence-electron chi connectivity index (χ4n) is 1.32. The number of rotatable bonds is 4. The molecule has 0 aliphatic rings. The van der Waals surface area contributed by atoms with Crippen LogP contribution in [0.1, 0.15) is 11.3 Å². The summed E-state index contributed by atoms with van der Waals surface area (Å²) in [6, 6.07) is 4.79. The summed E-state index contributed by atoms with van der Waals surface area (Å²) in [5.41, 5.74) is -0.822. The highest BCUT2D eigenvalue weighted by Crippen LogP contribution is 2.29. The molecule has 0 fully saturated rings. The lowest BCUT2D eigenvalue weighted by Gasteiger charge is -2.05. The summed E-state index contributed by atoms with van der Waals surface area (Å²) in [6.45, 7) is 0. The highest BCUT2D eigenvalue weighted by Gasteiger charge is 2.30. The lowest BCUT2D eigenvalue weighted by Crippen LogP contribution is -2.04. The number of furan rings is 1. The zero-order valence-electron chi connectivity index (χ0n) is 10.2. The standard InChI is InChI=1S/C12H7F3N2O3S/c13-12(14,15)8-1-3-10(16-7-8)21-6-5-9-2-4-11(20-9)17(18)19/h1-7H/b6-5+. The van der Waals surface area contributed by atoms with E-state index in [-0.39, 0.29) is 11.6 Å². The summed E-state index contributed by atoms with van der Waals surface area (Å²) < 4.78 is 41.9. The van der Waals surface area contributed by atoms with Gasteiger partial charge in [0.25, 0.3) is 0 Å². The Bertz CT molecular complexity index is 665. The Morgan fingerprint density at radius 3 is 2.57 bits per heavy atom. The maximum atomic E-state index is 12.3. The van der Waals surface area contributed by atoms with Crippen LogP contribution in [0.5, 0.6) is 0 Å². The van der Waals surface area contributed by atoms with Gasteiger partial charge in [-0.1, -0.05) is 11.8 Å². The van der Waals surface area contributed by atoms with E-state index < -0.39 is 16.7 Å². The molecule has 110 valence electrons. The van der Waals surface area contributed by atoms with E-state index >= 15 is 0 Å². The highest BCUT2D eigenvalue weighted by molar-refractivity contribution is 8.02. The second-order valence-corrected chi connectivity index (χ2v) is 4.66. The molecule has 0 bridgehead atoms. The minimum absolute atomic E-state index is 0.265. The van der Waals surface area contributed by atoms with Crippen molar-refractivity contribution in [3.05, 3.63) is 57.3 Å². The van der Waals surface area contributed by atoms with Gasteiger partial charge < -0.3 is 4.42 Å². The number of alkyl halides is 3. The molecule has 2 rings (SSSR count). The lowest BCUT2D eigenvalue weighted by molar-refractivity contribution is -0.402. The molecule has 0 saturated carbocycles. The van der Waals surface area contributed by atoms with Gasteiger partial charge in [0.05, 0.1) is 11.6 Å². The molecular weight excluding hydrogens is 309 g/mol. The molecule has 0 aliphatic carbocycles. The Morgan fingerprint density at radius 1 is 1.29 bits per heavy atom. The Labute approximate surface area is 120 Å². The molecule has 0 atom stereocenters. The molecule has 0 aromatic carbocycles. The Morgan fingerprint density at radius 2 is 2.05 bits per heavy atom. The van der Waals surface area contributed by atoms with E-state index in [2.05, 4.69) is 4.98 Å². The van der Waals surface area contributed by atoms with Crippen molar-refractivity contribution in [3.8, 4) is 0 Å². The van der Waals surface area contributed by atoms with Crippen molar-refractivity contribution in [1.29, 1.82) is 0 Å².